The molecule has 7 heteroatoms. The number of cyclic esters (lactones) is 1. The van der Waals surface area contributed by atoms with Gasteiger partial charge in [0.25, 0.3) is 0 Å². The average molecular weight is 308 g/mol. The van der Waals surface area contributed by atoms with E-state index in [1.807, 2.05) is 24.3 Å². The number of carbonyl (C=O) groups is 2. The highest BCUT2D eigenvalue weighted by molar-refractivity contribution is 5.87. The second kappa shape index (κ2) is 7.65. The third kappa shape index (κ3) is 3.88. The van der Waals surface area contributed by atoms with Crippen LogP contribution in [0.15, 0.2) is 24.3 Å². The minimum atomic E-state index is -0.619. The van der Waals surface area contributed by atoms with Crippen LogP contribution in [0.5, 0.6) is 5.75 Å². The molecule has 1 aromatic rings. The number of ether oxygens (including phenoxy) is 3. The molecule has 0 saturated carbocycles. The van der Waals surface area contributed by atoms with Crippen LogP contribution in [0.1, 0.15) is 5.56 Å². The summed E-state index contributed by atoms with van der Waals surface area (Å²) < 4.78 is 15.0. The summed E-state index contributed by atoms with van der Waals surface area (Å²) in [6.07, 6.45) is -0.484. The minimum Gasteiger partial charge on any atom is -0.497 e. The SMILES string of the molecule is COCCNC(=O)[C@@H]1COC(=O)N1Cc1ccc(OC)cc1. The molecule has 1 fully saturated rings. The third-order valence-electron chi connectivity index (χ3n) is 3.40. The Morgan fingerprint density at radius 1 is 1.36 bits per heavy atom. The molecule has 1 aliphatic rings. The lowest BCUT2D eigenvalue weighted by Crippen LogP contribution is -2.46. The summed E-state index contributed by atoms with van der Waals surface area (Å²) in [5.74, 6) is 0.498. The number of amides is 2. The second-order valence-corrected chi connectivity index (χ2v) is 4.85. The highest BCUT2D eigenvalue weighted by Gasteiger charge is 2.37. The van der Waals surface area contributed by atoms with Gasteiger partial charge in [-0.05, 0) is 17.7 Å². The predicted molar refractivity (Wildman–Crippen MR) is 78.6 cm³/mol. The fourth-order valence-electron chi connectivity index (χ4n) is 2.16. The summed E-state index contributed by atoms with van der Waals surface area (Å²) in [4.78, 5) is 25.3. The van der Waals surface area contributed by atoms with Crippen LogP contribution in [0.4, 0.5) is 4.79 Å². The van der Waals surface area contributed by atoms with E-state index < -0.39 is 12.1 Å². The first-order chi connectivity index (χ1) is 10.7. The Hall–Kier alpha value is -2.28. The molecular weight excluding hydrogens is 288 g/mol. The monoisotopic (exact) mass is 308 g/mol. The standard InChI is InChI=1S/C15H20N2O5/c1-20-8-7-16-14(18)13-10-22-15(19)17(13)9-11-3-5-12(21-2)6-4-11/h3-6,13H,7-10H2,1-2H3,(H,16,18)/t13-/m0/s1. The fraction of sp³-hybridized carbons (Fsp3) is 0.467. The molecule has 0 bridgehead atoms. The molecule has 0 aliphatic carbocycles. The van der Waals surface area contributed by atoms with Gasteiger partial charge in [0.1, 0.15) is 18.4 Å². The van der Waals surface area contributed by atoms with Crippen molar-refractivity contribution in [2.24, 2.45) is 0 Å². The van der Waals surface area contributed by atoms with Gasteiger partial charge in [-0.15, -0.1) is 0 Å². The molecule has 22 heavy (non-hydrogen) atoms. The van der Waals surface area contributed by atoms with Crippen molar-refractivity contribution in [3.8, 4) is 5.75 Å². The van der Waals surface area contributed by atoms with E-state index >= 15 is 0 Å². The molecule has 0 aromatic heterocycles. The Balaban J connectivity index is 1.99. The third-order valence-corrected chi connectivity index (χ3v) is 3.40. The Labute approximate surface area is 129 Å². The number of carbonyl (C=O) groups excluding carboxylic acids is 2. The first-order valence-electron chi connectivity index (χ1n) is 6.98. The number of rotatable bonds is 7. The zero-order chi connectivity index (χ0) is 15.9. The molecule has 2 amide bonds. The largest absolute Gasteiger partial charge is 0.497 e. The van der Waals surface area contributed by atoms with E-state index in [0.717, 1.165) is 11.3 Å². The van der Waals surface area contributed by atoms with Gasteiger partial charge >= 0.3 is 6.09 Å². The van der Waals surface area contributed by atoms with Crippen LogP contribution in [0, 0.1) is 0 Å². The number of benzene rings is 1. The van der Waals surface area contributed by atoms with Gasteiger partial charge in [-0.1, -0.05) is 12.1 Å². The normalized spacial score (nSPS) is 17.3. The molecule has 1 heterocycles. The molecule has 0 radical (unpaired) electrons. The second-order valence-electron chi connectivity index (χ2n) is 4.85. The van der Waals surface area contributed by atoms with E-state index in [4.69, 9.17) is 14.2 Å². The summed E-state index contributed by atoms with van der Waals surface area (Å²) in [7, 11) is 3.15. The van der Waals surface area contributed by atoms with E-state index in [0.29, 0.717) is 19.7 Å². The van der Waals surface area contributed by atoms with E-state index in [-0.39, 0.29) is 12.5 Å². The molecule has 1 aliphatic heterocycles. The summed E-state index contributed by atoms with van der Waals surface area (Å²) in [5, 5.41) is 2.72. The van der Waals surface area contributed by atoms with Crippen molar-refractivity contribution in [1.82, 2.24) is 10.2 Å². The zero-order valence-corrected chi connectivity index (χ0v) is 12.7. The van der Waals surface area contributed by atoms with Gasteiger partial charge in [0.15, 0.2) is 0 Å². The topological polar surface area (TPSA) is 77.1 Å². The molecule has 1 atom stereocenters. The lowest BCUT2D eigenvalue weighted by molar-refractivity contribution is -0.125. The van der Waals surface area contributed by atoms with Crippen LogP contribution >= 0.6 is 0 Å². The zero-order valence-electron chi connectivity index (χ0n) is 12.7. The molecule has 120 valence electrons. The molecular formula is C15H20N2O5. The van der Waals surface area contributed by atoms with Gasteiger partial charge in [-0.3, -0.25) is 9.69 Å². The lowest BCUT2D eigenvalue weighted by Gasteiger charge is -2.20. The number of nitrogens with zero attached hydrogens (tertiary/aromatic N) is 1. The van der Waals surface area contributed by atoms with Gasteiger partial charge in [0.05, 0.1) is 20.3 Å². The van der Waals surface area contributed by atoms with Crippen LogP contribution in [-0.4, -0.2) is 56.9 Å². The first-order valence-corrected chi connectivity index (χ1v) is 6.98. The summed E-state index contributed by atoms with van der Waals surface area (Å²) in [5.41, 5.74) is 0.898. The Kier molecular flexibility index (Phi) is 5.60. The maximum absolute atomic E-state index is 12.1. The van der Waals surface area contributed by atoms with Crippen molar-refractivity contribution in [2.75, 3.05) is 34.0 Å². The number of nitrogens with one attached hydrogen (secondary N) is 1. The Morgan fingerprint density at radius 3 is 2.73 bits per heavy atom. The van der Waals surface area contributed by atoms with Crippen LogP contribution in [0.3, 0.4) is 0 Å². The molecule has 2 rings (SSSR count). The molecule has 1 N–H and O–H groups in total. The van der Waals surface area contributed by atoms with Crippen molar-refractivity contribution in [3.05, 3.63) is 29.8 Å². The van der Waals surface area contributed by atoms with Gasteiger partial charge in [-0.2, -0.15) is 0 Å². The van der Waals surface area contributed by atoms with Crippen LogP contribution < -0.4 is 10.1 Å². The minimum absolute atomic E-state index is 0.0633. The van der Waals surface area contributed by atoms with Crippen molar-refractivity contribution in [1.29, 1.82) is 0 Å². The molecule has 1 aromatic carbocycles. The van der Waals surface area contributed by atoms with Gasteiger partial charge in [-0.25, -0.2) is 4.79 Å². The van der Waals surface area contributed by atoms with Crippen LogP contribution in [-0.2, 0) is 20.8 Å². The highest BCUT2D eigenvalue weighted by atomic mass is 16.6. The Bertz CT molecular complexity index is 517. The maximum atomic E-state index is 12.1. The quantitative estimate of drug-likeness (QED) is 0.753. The smallest absolute Gasteiger partial charge is 0.410 e. The number of hydrogen-bond donors (Lipinski definition) is 1. The van der Waals surface area contributed by atoms with Gasteiger partial charge in [0, 0.05) is 13.7 Å². The molecule has 0 unspecified atom stereocenters. The molecule has 0 spiro atoms. The van der Waals surface area contributed by atoms with Crippen molar-refractivity contribution in [2.45, 2.75) is 12.6 Å². The summed E-state index contributed by atoms with van der Waals surface area (Å²) in [6, 6.07) is 6.70. The lowest BCUT2D eigenvalue weighted by atomic mass is 10.1. The first kappa shape index (κ1) is 16.1. The maximum Gasteiger partial charge on any atom is 0.410 e. The van der Waals surface area contributed by atoms with Crippen molar-refractivity contribution >= 4 is 12.0 Å². The predicted octanol–water partition coefficient (Wildman–Crippen LogP) is 0.779. The molecule has 1 saturated heterocycles. The number of methoxy groups -OCH3 is 2. The van der Waals surface area contributed by atoms with E-state index in [1.165, 1.54) is 4.90 Å². The average Bonchev–Trinajstić information content (AvgIpc) is 2.89. The molecule has 7 nitrogen and oxygen atoms in total. The Morgan fingerprint density at radius 2 is 2.09 bits per heavy atom. The van der Waals surface area contributed by atoms with E-state index in [2.05, 4.69) is 5.32 Å². The fourth-order valence-corrected chi connectivity index (χ4v) is 2.16. The number of hydrogen-bond acceptors (Lipinski definition) is 5. The van der Waals surface area contributed by atoms with E-state index in [1.54, 1.807) is 14.2 Å². The van der Waals surface area contributed by atoms with Gasteiger partial charge < -0.3 is 19.5 Å². The summed E-state index contributed by atoms with van der Waals surface area (Å²) >= 11 is 0. The van der Waals surface area contributed by atoms with Crippen LogP contribution in [0.25, 0.3) is 0 Å². The van der Waals surface area contributed by atoms with Crippen molar-refractivity contribution in [3.63, 3.8) is 0 Å². The van der Waals surface area contributed by atoms with Crippen LogP contribution in [0.2, 0.25) is 0 Å². The highest BCUT2D eigenvalue weighted by Crippen LogP contribution is 2.18. The van der Waals surface area contributed by atoms with Gasteiger partial charge in [0.2, 0.25) is 5.91 Å². The van der Waals surface area contributed by atoms with Crippen molar-refractivity contribution < 1.29 is 23.8 Å². The summed E-state index contributed by atoms with van der Waals surface area (Å²) in [6.45, 7) is 1.20. The van der Waals surface area contributed by atoms with E-state index in [9.17, 15) is 9.59 Å².